The lowest BCUT2D eigenvalue weighted by Crippen LogP contribution is -2.28. The van der Waals surface area contributed by atoms with E-state index in [4.69, 9.17) is 9.47 Å². The van der Waals surface area contributed by atoms with Crippen molar-refractivity contribution in [1.29, 1.82) is 0 Å². The predicted octanol–water partition coefficient (Wildman–Crippen LogP) is 1.71. The lowest BCUT2D eigenvalue weighted by molar-refractivity contribution is -0.117. The fraction of sp³-hybridized carbons (Fsp3) is 0.222. The molecule has 8 nitrogen and oxygen atoms in total. The molecule has 0 aliphatic heterocycles. The number of hydrogen-bond donors (Lipinski definition) is 2. The van der Waals surface area contributed by atoms with Crippen LogP contribution in [-0.4, -0.2) is 34.5 Å². The average Bonchev–Trinajstić information content (AvgIpc) is 2.61. The van der Waals surface area contributed by atoms with Gasteiger partial charge in [-0.2, -0.15) is 0 Å². The van der Waals surface area contributed by atoms with Crippen molar-refractivity contribution in [2.45, 2.75) is 18.2 Å². The van der Waals surface area contributed by atoms with Gasteiger partial charge in [0.25, 0.3) is 10.0 Å². The topological polar surface area (TPSA) is 111 Å². The summed E-state index contributed by atoms with van der Waals surface area (Å²) in [7, 11) is -0.867. The zero-order valence-electron chi connectivity index (χ0n) is 15.1. The first kappa shape index (κ1) is 20.2. The van der Waals surface area contributed by atoms with Crippen molar-refractivity contribution in [3.05, 3.63) is 48.0 Å². The Kier molecular flexibility index (Phi) is 6.40. The van der Waals surface area contributed by atoms with E-state index in [2.05, 4.69) is 5.32 Å². The Labute approximate surface area is 157 Å². The summed E-state index contributed by atoms with van der Waals surface area (Å²) in [6.07, 6.45) is 0.0686. The van der Waals surface area contributed by atoms with E-state index in [0.29, 0.717) is 22.7 Å². The van der Waals surface area contributed by atoms with Crippen LogP contribution in [0.15, 0.2) is 47.4 Å². The van der Waals surface area contributed by atoms with E-state index in [1.54, 1.807) is 18.2 Å². The lowest BCUT2D eigenvalue weighted by Gasteiger charge is -2.11. The number of sulfonamides is 1. The molecule has 27 heavy (non-hydrogen) atoms. The van der Waals surface area contributed by atoms with E-state index in [0.717, 1.165) is 6.92 Å². The first-order chi connectivity index (χ1) is 12.7. The first-order valence-corrected chi connectivity index (χ1v) is 9.37. The molecule has 0 heterocycles. The third-order valence-electron chi connectivity index (χ3n) is 3.57. The van der Waals surface area contributed by atoms with Gasteiger partial charge in [-0.3, -0.25) is 9.59 Å². The number of nitrogens with one attached hydrogen (secondary N) is 2. The number of ether oxygens (including phenoxy) is 2. The molecule has 0 spiro atoms. The van der Waals surface area contributed by atoms with Crippen LogP contribution >= 0.6 is 0 Å². The van der Waals surface area contributed by atoms with Crippen molar-refractivity contribution in [3.63, 3.8) is 0 Å². The van der Waals surface area contributed by atoms with E-state index < -0.39 is 15.9 Å². The molecule has 2 N–H and O–H groups in total. The first-order valence-electron chi connectivity index (χ1n) is 7.89. The van der Waals surface area contributed by atoms with Gasteiger partial charge >= 0.3 is 0 Å². The minimum atomic E-state index is -3.91. The number of carbonyl (C=O) groups excluding carboxylic acids is 2. The van der Waals surface area contributed by atoms with Gasteiger partial charge < -0.3 is 14.8 Å². The summed E-state index contributed by atoms with van der Waals surface area (Å²) in [5.74, 6) is 0.171. The number of anilines is 1. The summed E-state index contributed by atoms with van der Waals surface area (Å²) in [4.78, 5) is 23.1. The van der Waals surface area contributed by atoms with Crippen molar-refractivity contribution in [1.82, 2.24) is 4.72 Å². The van der Waals surface area contributed by atoms with Gasteiger partial charge in [-0.15, -0.1) is 0 Å². The van der Waals surface area contributed by atoms with Crippen LogP contribution in [0.25, 0.3) is 0 Å². The van der Waals surface area contributed by atoms with Crippen molar-refractivity contribution in [2.75, 3.05) is 19.5 Å². The Balaban J connectivity index is 2.07. The SMILES string of the molecule is COc1ccc(CC(=O)Nc2ccc(S(=O)(=O)NC(C)=O)cc2)c(OC)c1. The summed E-state index contributed by atoms with van der Waals surface area (Å²) in [6.45, 7) is 1.11. The van der Waals surface area contributed by atoms with Crippen LogP contribution in [0.3, 0.4) is 0 Å². The molecule has 0 aliphatic rings. The number of hydrogen-bond acceptors (Lipinski definition) is 6. The van der Waals surface area contributed by atoms with Gasteiger partial charge in [0.15, 0.2) is 0 Å². The lowest BCUT2D eigenvalue weighted by atomic mass is 10.1. The maximum absolute atomic E-state index is 12.3. The standard InChI is InChI=1S/C18H20N2O6S/c1-12(21)20-27(23,24)16-8-5-14(6-9-16)19-18(22)10-13-4-7-15(25-2)11-17(13)26-3/h4-9,11H,10H2,1-3H3,(H,19,22)(H,20,21). The summed E-state index contributed by atoms with van der Waals surface area (Å²) in [6, 6.07) is 10.6. The van der Waals surface area contributed by atoms with Crippen LogP contribution in [0.5, 0.6) is 11.5 Å². The summed E-state index contributed by atoms with van der Waals surface area (Å²) >= 11 is 0. The molecular weight excluding hydrogens is 372 g/mol. The second-order valence-corrected chi connectivity index (χ2v) is 7.27. The molecule has 2 aromatic rings. The summed E-state index contributed by atoms with van der Waals surface area (Å²) in [5.41, 5.74) is 1.11. The maximum Gasteiger partial charge on any atom is 0.264 e. The number of benzene rings is 2. The van der Waals surface area contributed by atoms with Gasteiger partial charge in [0.05, 0.1) is 25.5 Å². The minimum Gasteiger partial charge on any atom is -0.497 e. The Morgan fingerprint density at radius 3 is 2.22 bits per heavy atom. The van der Waals surface area contributed by atoms with Crippen LogP contribution in [0.2, 0.25) is 0 Å². The molecule has 0 unspecified atom stereocenters. The predicted molar refractivity (Wildman–Crippen MR) is 99.3 cm³/mol. The van der Waals surface area contributed by atoms with Gasteiger partial charge in [0, 0.05) is 24.2 Å². The van der Waals surface area contributed by atoms with Crippen LogP contribution in [0.1, 0.15) is 12.5 Å². The van der Waals surface area contributed by atoms with Crippen molar-refractivity contribution < 1.29 is 27.5 Å². The van der Waals surface area contributed by atoms with Crippen LogP contribution in [0, 0.1) is 0 Å². The van der Waals surface area contributed by atoms with Crippen LogP contribution in [-0.2, 0) is 26.0 Å². The van der Waals surface area contributed by atoms with E-state index >= 15 is 0 Å². The van der Waals surface area contributed by atoms with Crippen LogP contribution < -0.4 is 19.5 Å². The molecule has 2 aromatic carbocycles. The normalized spacial score (nSPS) is 10.8. The number of amides is 2. The Morgan fingerprint density at radius 2 is 1.67 bits per heavy atom. The minimum absolute atomic E-state index is 0.0686. The maximum atomic E-state index is 12.3. The molecule has 144 valence electrons. The summed E-state index contributed by atoms with van der Waals surface area (Å²) in [5, 5.41) is 2.68. The molecule has 0 radical (unpaired) electrons. The number of carbonyl (C=O) groups is 2. The number of methoxy groups -OCH3 is 2. The Morgan fingerprint density at radius 1 is 1.00 bits per heavy atom. The highest BCUT2D eigenvalue weighted by atomic mass is 32.2. The molecule has 0 saturated carbocycles. The van der Waals surface area contributed by atoms with Crippen LogP contribution in [0.4, 0.5) is 5.69 Å². The third kappa shape index (κ3) is 5.45. The summed E-state index contributed by atoms with van der Waals surface area (Å²) < 4.78 is 36.0. The van der Waals surface area contributed by atoms with Gasteiger partial charge in [0.1, 0.15) is 11.5 Å². The molecule has 0 aliphatic carbocycles. The van der Waals surface area contributed by atoms with Crippen molar-refractivity contribution >= 4 is 27.5 Å². The molecule has 0 saturated heterocycles. The average molecular weight is 392 g/mol. The van der Waals surface area contributed by atoms with Crippen molar-refractivity contribution in [2.24, 2.45) is 0 Å². The molecular formula is C18H20N2O6S. The van der Waals surface area contributed by atoms with Gasteiger partial charge in [-0.25, -0.2) is 13.1 Å². The van der Waals surface area contributed by atoms with E-state index in [9.17, 15) is 18.0 Å². The second-order valence-electron chi connectivity index (χ2n) is 5.59. The highest BCUT2D eigenvalue weighted by Gasteiger charge is 2.15. The Hall–Kier alpha value is -3.07. The second kappa shape index (κ2) is 8.54. The number of rotatable bonds is 7. The van der Waals surface area contributed by atoms with E-state index in [1.165, 1.54) is 38.5 Å². The van der Waals surface area contributed by atoms with Crippen molar-refractivity contribution in [3.8, 4) is 11.5 Å². The van der Waals surface area contributed by atoms with Gasteiger partial charge in [-0.05, 0) is 30.3 Å². The quantitative estimate of drug-likeness (QED) is 0.742. The molecule has 0 aromatic heterocycles. The fourth-order valence-corrected chi connectivity index (χ4v) is 3.33. The molecule has 9 heteroatoms. The Bertz CT molecular complexity index is 939. The van der Waals surface area contributed by atoms with E-state index in [1.807, 2.05) is 4.72 Å². The van der Waals surface area contributed by atoms with E-state index in [-0.39, 0.29) is 17.2 Å². The smallest absolute Gasteiger partial charge is 0.264 e. The monoisotopic (exact) mass is 392 g/mol. The molecule has 2 amide bonds. The zero-order valence-corrected chi connectivity index (χ0v) is 15.9. The molecule has 0 bridgehead atoms. The molecule has 0 fully saturated rings. The molecule has 2 rings (SSSR count). The van der Waals surface area contributed by atoms with Gasteiger partial charge in [-0.1, -0.05) is 6.07 Å². The molecule has 0 atom stereocenters. The highest BCUT2D eigenvalue weighted by Crippen LogP contribution is 2.25. The fourth-order valence-electron chi connectivity index (χ4n) is 2.34. The van der Waals surface area contributed by atoms with Gasteiger partial charge in [0.2, 0.25) is 11.8 Å². The largest absolute Gasteiger partial charge is 0.497 e. The third-order valence-corrected chi connectivity index (χ3v) is 5.02. The highest BCUT2D eigenvalue weighted by molar-refractivity contribution is 7.90. The zero-order chi connectivity index (χ0) is 20.0.